The van der Waals surface area contributed by atoms with Crippen molar-refractivity contribution in [3.05, 3.63) is 68.8 Å². The van der Waals surface area contributed by atoms with E-state index < -0.39 is 53.7 Å². The highest BCUT2D eigenvalue weighted by atomic mass is 32.2. The zero-order valence-electron chi connectivity index (χ0n) is 16.4. The van der Waals surface area contributed by atoms with E-state index >= 15 is 0 Å². The predicted molar refractivity (Wildman–Crippen MR) is 109 cm³/mol. The van der Waals surface area contributed by atoms with E-state index in [1.54, 1.807) is 0 Å². The molecular formula is C18H18N2O10S2. The maximum absolute atomic E-state index is 12.5. The molecule has 2 aromatic carbocycles. The molecule has 2 atom stereocenters. The molecule has 0 saturated heterocycles. The van der Waals surface area contributed by atoms with Gasteiger partial charge in [0.15, 0.2) is 0 Å². The van der Waals surface area contributed by atoms with Crippen molar-refractivity contribution in [1.29, 1.82) is 0 Å². The summed E-state index contributed by atoms with van der Waals surface area (Å²) in [4.78, 5) is 19.5. The average Bonchev–Trinajstić information content (AvgIpc) is 2.73. The molecule has 32 heavy (non-hydrogen) atoms. The van der Waals surface area contributed by atoms with Crippen molar-refractivity contribution in [3.8, 4) is 0 Å². The molecule has 2 aromatic rings. The molecule has 0 bridgehead atoms. The summed E-state index contributed by atoms with van der Waals surface area (Å²) in [5.74, 6) is 0. The van der Waals surface area contributed by atoms with E-state index in [2.05, 4.69) is 0 Å². The molecule has 12 nitrogen and oxygen atoms in total. The number of nitrogens with zero attached hydrogens (tertiary/aromatic N) is 2. The summed E-state index contributed by atoms with van der Waals surface area (Å²) < 4.78 is 60.5. The summed E-state index contributed by atoms with van der Waals surface area (Å²) >= 11 is 0. The third kappa shape index (κ3) is 5.64. The standard InChI is InChI=1S/C18H18N2O10S2/c21-19(22)13-4-1-8-17(10-13)31(25,26)29-15-6-3-7-16(12-15)30-32(27,28)18-9-2-5-14(11-18)20(23)24/h1-2,4-5,8-11,15-16H,3,6-7,12H2. The number of non-ortho nitro benzene ring substituents is 2. The minimum absolute atomic E-state index is 0.0671. The first kappa shape index (κ1) is 23.7. The Morgan fingerprint density at radius 1 is 0.750 bits per heavy atom. The summed E-state index contributed by atoms with van der Waals surface area (Å²) in [6.45, 7) is 0. The maximum atomic E-state index is 12.5. The third-order valence-electron chi connectivity index (χ3n) is 4.74. The monoisotopic (exact) mass is 486 g/mol. The summed E-state index contributed by atoms with van der Waals surface area (Å²) in [5.41, 5.74) is -0.829. The molecule has 3 rings (SSSR count). The maximum Gasteiger partial charge on any atom is 0.297 e. The van der Waals surface area contributed by atoms with Gasteiger partial charge in [-0.3, -0.25) is 28.6 Å². The lowest BCUT2D eigenvalue weighted by atomic mass is 9.95. The van der Waals surface area contributed by atoms with Crippen LogP contribution in [0.3, 0.4) is 0 Å². The number of nitro benzene ring substituents is 2. The van der Waals surface area contributed by atoms with E-state index in [0.717, 1.165) is 36.4 Å². The molecule has 2 unspecified atom stereocenters. The highest BCUT2D eigenvalue weighted by Gasteiger charge is 2.32. The van der Waals surface area contributed by atoms with Gasteiger partial charge in [-0.1, -0.05) is 12.1 Å². The minimum Gasteiger partial charge on any atom is -0.263 e. The van der Waals surface area contributed by atoms with Gasteiger partial charge in [-0.05, 0) is 31.4 Å². The van der Waals surface area contributed by atoms with E-state index in [-0.39, 0.29) is 16.2 Å². The smallest absolute Gasteiger partial charge is 0.263 e. The highest BCUT2D eigenvalue weighted by Crippen LogP contribution is 2.30. The Balaban J connectivity index is 1.71. The third-order valence-corrected chi connectivity index (χ3v) is 7.45. The SMILES string of the molecule is O=[N+]([O-])c1cccc(S(=O)(=O)OC2CCCC(OS(=O)(=O)c3cccc([N+](=O)[O-])c3)C2)c1. The van der Waals surface area contributed by atoms with Crippen molar-refractivity contribution in [1.82, 2.24) is 0 Å². The summed E-state index contributed by atoms with van der Waals surface area (Å²) in [6, 6.07) is 8.78. The summed E-state index contributed by atoms with van der Waals surface area (Å²) in [7, 11) is -8.67. The van der Waals surface area contributed by atoms with Crippen molar-refractivity contribution in [2.24, 2.45) is 0 Å². The second-order valence-corrected chi connectivity index (χ2v) is 10.2. The minimum atomic E-state index is -4.33. The Kier molecular flexibility index (Phi) is 6.88. The van der Waals surface area contributed by atoms with Crippen molar-refractivity contribution in [2.75, 3.05) is 0 Å². The molecule has 1 fully saturated rings. The number of hydrogen-bond donors (Lipinski definition) is 0. The fourth-order valence-corrected chi connectivity index (χ4v) is 5.56. The number of nitro groups is 2. The van der Waals surface area contributed by atoms with Crippen molar-refractivity contribution < 1.29 is 35.0 Å². The van der Waals surface area contributed by atoms with Gasteiger partial charge in [-0.15, -0.1) is 0 Å². The first-order chi connectivity index (χ1) is 15.0. The predicted octanol–water partition coefficient (Wildman–Crippen LogP) is 2.93. The molecule has 1 saturated carbocycles. The van der Waals surface area contributed by atoms with E-state index in [1.807, 2.05) is 0 Å². The largest absolute Gasteiger partial charge is 0.297 e. The quantitative estimate of drug-likeness (QED) is 0.306. The van der Waals surface area contributed by atoms with Gasteiger partial charge in [0.25, 0.3) is 31.6 Å². The van der Waals surface area contributed by atoms with Crippen LogP contribution >= 0.6 is 0 Å². The first-order valence-corrected chi connectivity index (χ1v) is 12.1. The van der Waals surface area contributed by atoms with Crippen LogP contribution < -0.4 is 0 Å². The molecule has 0 N–H and O–H groups in total. The second-order valence-electron chi connectivity index (χ2n) is 7.02. The molecule has 0 radical (unpaired) electrons. The van der Waals surface area contributed by atoms with Gasteiger partial charge in [0.05, 0.1) is 22.1 Å². The van der Waals surface area contributed by atoms with Crippen molar-refractivity contribution >= 4 is 31.6 Å². The summed E-state index contributed by atoms with van der Waals surface area (Å²) in [5, 5.41) is 21.8. The van der Waals surface area contributed by atoms with Gasteiger partial charge in [-0.2, -0.15) is 16.8 Å². The Morgan fingerprint density at radius 2 is 1.16 bits per heavy atom. The molecule has 0 aliphatic heterocycles. The van der Waals surface area contributed by atoms with E-state index in [4.69, 9.17) is 8.37 Å². The second kappa shape index (κ2) is 9.28. The van der Waals surface area contributed by atoms with Crippen LogP contribution in [-0.4, -0.2) is 38.9 Å². The van der Waals surface area contributed by atoms with Gasteiger partial charge < -0.3 is 0 Å². The number of hydrogen-bond acceptors (Lipinski definition) is 10. The molecule has 1 aliphatic carbocycles. The molecule has 0 aromatic heterocycles. The summed E-state index contributed by atoms with van der Waals surface area (Å²) in [6.07, 6.45) is -0.848. The van der Waals surface area contributed by atoms with Crippen molar-refractivity contribution in [2.45, 2.75) is 47.7 Å². The fourth-order valence-electron chi connectivity index (χ4n) is 3.25. The Hall–Kier alpha value is -2.94. The van der Waals surface area contributed by atoms with E-state index in [1.165, 1.54) is 12.1 Å². The molecule has 0 heterocycles. The normalized spacial score (nSPS) is 19.4. The molecule has 0 amide bonds. The van der Waals surface area contributed by atoms with Gasteiger partial charge in [0.2, 0.25) is 0 Å². The first-order valence-electron chi connectivity index (χ1n) is 9.33. The van der Waals surface area contributed by atoms with Gasteiger partial charge >= 0.3 is 0 Å². The molecule has 172 valence electrons. The lowest BCUT2D eigenvalue weighted by Crippen LogP contribution is -2.31. The van der Waals surface area contributed by atoms with E-state index in [0.29, 0.717) is 19.3 Å². The Morgan fingerprint density at radius 3 is 1.53 bits per heavy atom. The van der Waals surface area contributed by atoms with Gasteiger partial charge in [0.1, 0.15) is 9.79 Å². The average molecular weight is 486 g/mol. The number of benzene rings is 2. The van der Waals surface area contributed by atoms with E-state index in [9.17, 15) is 37.1 Å². The van der Waals surface area contributed by atoms with Crippen LogP contribution in [0.2, 0.25) is 0 Å². The van der Waals surface area contributed by atoms with Crippen LogP contribution in [0.25, 0.3) is 0 Å². The Bertz CT molecular complexity index is 1150. The zero-order chi connectivity index (χ0) is 23.5. The topological polar surface area (TPSA) is 173 Å². The molecular weight excluding hydrogens is 468 g/mol. The van der Waals surface area contributed by atoms with Crippen LogP contribution in [0.1, 0.15) is 25.7 Å². The zero-order valence-corrected chi connectivity index (χ0v) is 18.0. The van der Waals surface area contributed by atoms with Crippen LogP contribution in [0.5, 0.6) is 0 Å². The van der Waals surface area contributed by atoms with Crippen LogP contribution in [0.4, 0.5) is 11.4 Å². The molecule has 1 aliphatic rings. The number of rotatable bonds is 8. The van der Waals surface area contributed by atoms with Crippen molar-refractivity contribution in [3.63, 3.8) is 0 Å². The van der Waals surface area contributed by atoms with Crippen LogP contribution in [-0.2, 0) is 28.6 Å². The van der Waals surface area contributed by atoms with Crippen LogP contribution in [0, 0.1) is 20.2 Å². The lowest BCUT2D eigenvalue weighted by Gasteiger charge is -2.28. The fraction of sp³-hybridized carbons (Fsp3) is 0.333. The van der Waals surface area contributed by atoms with Gasteiger partial charge in [0, 0.05) is 30.7 Å². The van der Waals surface area contributed by atoms with Crippen LogP contribution in [0.15, 0.2) is 58.3 Å². The Labute approximate surface area is 183 Å². The van der Waals surface area contributed by atoms with Gasteiger partial charge in [-0.25, -0.2) is 0 Å². The molecule has 14 heteroatoms. The lowest BCUT2D eigenvalue weighted by molar-refractivity contribution is -0.385. The molecule has 0 spiro atoms. The highest BCUT2D eigenvalue weighted by molar-refractivity contribution is 7.87.